The number of ether oxygens (including phenoxy) is 1. The van der Waals surface area contributed by atoms with Crippen molar-refractivity contribution in [3.05, 3.63) is 53.6 Å². The summed E-state index contributed by atoms with van der Waals surface area (Å²) in [5.74, 6) is -0.513. The van der Waals surface area contributed by atoms with E-state index < -0.39 is 22.6 Å². The van der Waals surface area contributed by atoms with Crippen molar-refractivity contribution >= 4 is 21.6 Å². The van der Waals surface area contributed by atoms with Crippen LogP contribution in [0, 0.1) is 0 Å². The van der Waals surface area contributed by atoms with E-state index in [9.17, 15) is 22.0 Å². The van der Waals surface area contributed by atoms with E-state index in [-0.39, 0.29) is 23.1 Å². The molecule has 1 aliphatic heterocycles. The molecule has 0 saturated carbocycles. The number of amides is 1. The van der Waals surface area contributed by atoms with Gasteiger partial charge in [0.2, 0.25) is 15.9 Å². The summed E-state index contributed by atoms with van der Waals surface area (Å²) in [6.07, 6.45) is 0.384. The molecule has 0 bridgehead atoms. The van der Waals surface area contributed by atoms with Gasteiger partial charge in [0.15, 0.2) is 0 Å². The fourth-order valence-corrected chi connectivity index (χ4v) is 3.88. The van der Waals surface area contributed by atoms with Crippen molar-refractivity contribution in [2.75, 3.05) is 11.9 Å². The maximum atomic E-state index is 12.5. The van der Waals surface area contributed by atoms with Gasteiger partial charge in [0.05, 0.1) is 10.8 Å². The van der Waals surface area contributed by atoms with Gasteiger partial charge in [0.1, 0.15) is 5.75 Å². The highest BCUT2D eigenvalue weighted by atomic mass is 32.2. The Morgan fingerprint density at radius 1 is 1.19 bits per heavy atom. The van der Waals surface area contributed by atoms with Gasteiger partial charge in [-0.25, -0.2) is 13.1 Å². The van der Waals surface area contributed by atoms with Crippen molar-refractivity contribution in [3.63, 3.8) is 0 Å². The maximum absolute atomic E-state index is 12.5. The molecular weight excluding hydrogens is 378 g/mol. The number of carbonyl (C=O) groups is 1. The largest absolute Gasteiger partial charge is 0.435 e. The molecule has 0 fully saturated rings. The van der Waals surface area contributed by atoms with Gasteiger partial charge in [-0.15, -0.1) is 0 Å². The Labute approximate surface area is 155 Å². The molecule has 0 aliphatic carbocycles. The number of nitrogens with one attached hydrogen (secondary N) is 2. The Balaban J connectivity index is 1.62. The van der Waals surface area contributed by atoms with E-state index in [0.717, 1.165) is 5.56 Å². The minimum Gasteiger partial charge on any atom is -0.435 e. The monoisotopic (exact) mass is 396 g/mol. The first-order valence-corrected chi connectivity index (χ1v) is 9.73. The fourth-order valence-electron chi connectivity index (χ4n) is 2.81. The van der Waals surface area contributed by atoms with Crippen molar-refractivity contribution in [3.8, 4) is 5.75 Å². The molecule has 6 nitrogen and oxygen atoms in total. The standard InChI is InChI=1S/C18H18F2N2O4S/c1-11-15-10-14(6-7-16(15)22-17(11)23)27(24,25)21-9-8-12-2-4-13(5-3-12)26-18(19)20/h2-7,10-11,18,21H,8-9H2,1H3,(H,22,23)/t11-/m0/s1. The van der Waals surface area contributed by atoms with Gasteiger partial charge < -0.3 is 10.1 Å². The molecule has 0 saturated heterocycles. The molecule has 144 valence electrons. The Morgan fingerprint density at radius 2 is 1.89 bits per heavy atom. The number of anilines is 1. The van der Waals surface area contributed by atoms with E-state index in [1.807, 2.05) is 0 Å². The lowest BCUT2D eigenvalue weighted by molar-refractivity contribution is -0.116. The number of sulfonamides is 1. The van der Waals surface area contributed by atoms with Gasteiger partial charge in [-0.2, -0.15) is 8.78 Å². The lowest BCUT2D eigenvalue weighted by Gasteiger charge is -2.10. The predicted octanol–water partition coefficient (Wildman–Crippen LogP) is 2.86. The van der Waals surface area contributed by atoms with Gasteiger partial charge in [-0.3, -0.25) is 4.79 Å². The van der Waals surface area contributed by atoms with Gasteiger partial charge in [-0.1, -0.05) is 12.1 Å². The summed E-state index contributed by atoms with van der Waals surface area (Å²) in [5.41, 5.74) is 2.05. The van der Waals surface area contributed by atoms with Crippen molar-refractivity contribution in [1.29, 1.82) is 0 Å². The molecule has 1 aliphatic rings. The summed E-state index contributed by atoms with van der Waals surface area (Å²) in [6, 6.07) is 10.5. The van der Waals surface area contributed by atoms with Crippen LogP contribution in [0.25, 0.3) is 0 Å². The second-order valence-corrected chi connectivity index (χ2v) is 7.90. The molecule has 0 radical (unpaired) electrons. The van der Waals surface area contributed by atoms with Crippen molar-refractivity contribution in [1.82, 2.24) is 4.72 Å². The number of hydrogen-bond donors (Lipinski definition) is 2. The molecule has 3 rings (SSSR count). The predicted molar refractivity (Wildman–Crippen MR) is 95.5 cm³/mol. The van der Waals surface area contributed by atoms with Crippen LogP contribution >= 0.6 is 0 Å². The van der Waals surface area contributed by atoms with Crippen LogP contribution in [0.1, 0.15) is 24.0 Å². The van der Waals surface area contributed by atoms with E-state index in [1.54, 1.807) is 25.1 Å². The zero-order valence-corrected chi connectivity index (χ0v) is 15.2. The minimum absolute atomic E-state index is 0.0461. The molecule has 0 aromatic heterocycles. The second kappa shape index (κ2) is 7.61. The van der Waals surface area contributed by atoms with Crippen LogP contribution < -0.4 is 14.8 Å². The molecule has 0 spiro atoms. The maximum Gasteiger partial charge on any atom is 0.387 e. The van der Waals surface area contributed by atoms with Crippen LogP contribution in [-0.2, 0) is 21.2 Å². The Bertz CT molecular complexity index is 946. The highest BCUT2D eigenvalue weighted by Gasteiger charge is 2.28. The van der Waals surface area contributed by atoms with Crippen LogP contribution in [0.3, 0.4) is 0 Å². The summed E-state index contributed by atoms with van der Waals surface area (Å²) in [7, 11) is -3.73. The smallest absolute Gasteiger partial charge is 0.387 e. The lowest BCUT2D eigenvalue weighted by Crippen LogP contribution is -2.26. The number of halogens is 2. The third-order valence-electron chi connectivity index (χ3n) is 4.31. The molecule has 2 aromatic rings. The van der Waals surface area contributed by atoms with Gasteiger partial charge in [0, 0.05) is 12.2 Å². The molecule has 2 aromatic carbocycles. The van der Waals surface area contributed by atoms with E-state index in [1.165, 1.54) is 24.3 Å². The topological polar surface area (TPSA) is 84.5 Å². The van der Waals surface area contributed by atoms with Crippen LogP contribution in [0.2, 0.25) is 0 Å². The van der Waals surface area contributed by atoms with Crippen LogP contribution in [-0.4, -0.2) is 27.5 Å². The zero-order chi connectivity index (χ0) is 19.6. The van der Waals surface area contributed by atoms with E-state index in [2.05, 4.69) is 14.8 Å². The highest BCUT2D eigenvalue weighted by molar-refractivity contribution is 7.89. The SMILES string of the molecule is C[C@@H]1C(=O)Nc2ccc(S(=O)(=O)NCCc3ccc(OC(F)F)cc3)cc21. The average Bonchev–Trinajstić information content (AvgIpc) is 2.90. The number of alkyl halides is 2. The van der Waals surface area contributed by atoms with Crippen LogP contribution in [0.4, 0.5) is 14.5 Å². The first-order chi connectivity index (χ1) is 12.8. The van der Waals surface area contributed by atoms with E-state index in [0.29, 0.717) is 17.7 Å². The summed E-state index contributed by atoms with van der Waals surface area (Å²) >= 11 is 0. The highest BCUT2D eigenvalue weighted by Crippen LogP contribution is 2.33. The van der Waals surface area contributed by atoms with Crippen molar-refractivity contribution in [2.24, 2.45) is 0 Å². The summed E-state index contributed by atoms with van der Waals surface area (Å²) in [6.45, 7) is -1.03. The molecule has 9 heteroatoms. The third-order valence-corrected chi connectivity index (χ3v) is 5.76. The number of fused-ring (bicyclic) bond motifs is 1. The van der Waals surface area contributed by atoms with Crippen LogP contribution in [0.15, 0.2) is 47.4 Å². The molecule has 2 N–H and O–H groups in total. The zero-order valence-electron chi connectivity index (χ0n) is 14.4. The molecular formula is C18H18F2N2O4S. The molecule has 27 heavy (non-hydrogen) atoms. The Kier molecular flexibility index (Phi) is 5.43. The quantitative estimate of drug-likeness (QED) is 0.754. The number of carbonyl (C=O) groups excluding carboxylic acids is 1. The van der Waals surface area contributed by atoms with Crippen molar-refractivity contribution < 1.29 is 26.7 Å². The molecule has 1 atom stereocenters. The van der Waals surface area contributed by atoms with E-state index >= 15 is 0 Å². The Morgan fingerprint density at radius 3 is 2.56 bits per heavy atom. The lowest BCUT2D eigenvalue weighted by atomic mass is 10.0. The van der Waals surface area contributed by atoms with Crippen molar-refractivity contribution in [2.45, 2.75) is 30.8 Å². The summed E-state index contributed by atoms with van der Waals surface area (Å²) in [5, 5.41) is 2.70. The Hall–Kier alpha value is -2.52. The molecule has 1 heterocycles. The second-order valence-electron chi connectivity index (χ2n) is 6.13. The third kappa shape index (κ3) is 4.42. The normalized spacial score (nSPS) is 16.3. The molecule has 0 unspecified atom stereocenters. The average molecular weight is 396 g/mol. The number of benzene rings is 2. The molecule has 1 amide bonds. The minimum atomic E-state index is -3.73. The summed E-state index contributed by atoms with van der Waals surface area (Å²) in [4.78, 5) is 11.8. The summed E-state index contributed by atoms with van der Waals surface area (Å²) < 4.78 is 55.9. The van der Waals surface area contributed by atoms with E-state index in [4.69, 9.17) is 0 Å². The number of rotatable bonds is 7. The van der Waals surface area contributed by atoms with Gasteiger partial charge >= 0.3 is 6.61 Å². The van der Waals surface area contributed by atoms with Gasteiger partial charge in [-0.05, 0) is 54.8 Å². The number of hydrogen-bond acceptors (Lipinski definition) is 4. The first-order valence-electron chi connectivity index (χ1n) is 8.24. The van der Waals surface area contributed by atoms with Crippen LogP contribution in [0.5, 0.6) is 5.75 Å². The fraction of sp³-hybridized carbons (Fsp3) is 0.278. The van der Waals surface area contributed by atoms with Gasteiger partial charge in [0.25, 0.3) is 0 Å². The first kappa shape index (κ1) is 19.2.